The van der Waals surface area contributed by atoms with E-state index in [9.17, 15) is 0 Å². The second-order valence-electron chi connectivity index (χ2n) is 4.09. The molecule has 0 aliphatic rings. The van der Waals surface area contributed by atoms with Crippen LogP contribution in [0.2, 0.25) is 0 Å². The summed E-state index contributed by atoms with van der Waals surface area (Å²) in [5.41, 5.74) is 0.949. The van der Waals surface area contributed by atoms with Crippen LogP contribution >= 0.6 is 15.9 Å². The van der Waals surface area contributed by atoms with Crippen LogP contribution in [0.4, 0.5) is 0 Å². The standard InChI is InChI=1S/C13H16BrN3O/c1-3-9(15-2)8-12-16-13(17-18-12)10-6-4-5-7-11(10)14/h4-7,9,15H,3,8H2,1-2H3. The maximum atomic E-state index is 5.29. The van der Waals surface area contributed by atoms with Gasteiger partial charge in [-0.15, -0.1) is 0 Å². The summed E-state index contributed by atoms with van der Waals surface area (Å²) in [6.07, 6.45) is 1.79. The van der Waals surface area contributed by atoms with Crippen molar-refractivity contribution in [3.63, 3.8) is 0 Å². The molecule has 1 heterocycles. The van der Waals surface area contributed by atoms with Gasteiger partial charge in [0.05, 0.1) is 0 Å². The van der Waals surface area contributed by atoms with Crippen LogP contribution in [-0.2, 0) is 6.42 Å². The van der Waals surface area contributed by atoms with Crippen molar-refractivity contribution in [2.45, 2.75) is 25.8 Å². The third-order valence-corrected chi connectivity index (χ3v) is 3.60. The highest BCUT2D eigenvalue weighted by Crippen LogP contribution is 2.25. The van der Waals surface area contributed by atoms with Gasteiger partial charge in [-0.25, -0.2) is 0 Å². The Bertz CT molecular complexity index is 508. The third-order valence-electron chi connectivity index (χ3n) is 2.90. The molecule has 2 aromatic rings. The Balaban J connectivity index is 2.18. The van der Waals surface area contributed by atoms with Crippen molar-refractivity contribution < 1.29 is 4.52 Å². The minimum absolute atomic E-state index is 0.373. The summed E-state index contributed by atoms with van der Waals surface area (Å²) in [4.78, 5) is 4.43. The lowest BCUT2D eigenvalue weighted by molar-refractivity contribution is 0.359. The summed E-state index contributed by atoms with van der Waals surface area (Å²) in [5, 5.41) is 7.25. The van der Waals surface area contributed by atoms with Crippen molar-refractivity contribution in [2.24, 2.45) is 0 Å². The molecule has 0 aliphatic heterocycles. The lowest BCUT2D eigenvalue weighted by Crippen LogP contribution is -2.26. The van der Waals surface area contributed by atoms with Crippen LogP contribution in [0.5, 0.6) is 0 Å². The molecule has 4 nitrogen and oxygen atoms in total. The minimum Gasteiger partial charge on any atom is -0.339 e. The monoisotopic (exact) mass is 309 g/mol. The molecule has 1 aromatic carbocycles. The molecule has 0 radical (unpaired) electrons. The van der Waals surface area contributed by atoms with E-state index in [1.54, 1.807) is 0 Å². The maximum absolute atomic E-state index is 5.29. The molecule has 0 saturated heterocycles. The predicted octanol–water partition coefficient (Wildman–Crippen LogP) is 3.04. The molecule has 5 heteroatoms. The molecule has 2 rings (SSSR count). The van der Waals surface area contributed by atoms with Crippen LogP contribution in [-0.4, -0.2) is 23.2 Å². The smallest absolute Gasteiger partial charge is 0.228 e. The average Bonchev–Trinajstić information content (AvgIpc) is 2.85. The Labute approximate surface area is 115 Å². The normalized spacial score (nSPS) is 12.6. The number of hydrogen-bond acceptors (Lipinski definition) is 4. The second kappa shape index (κ2) is 6.11. The highest BCUT2D eigenvalue weighted by molar-refractivity contribution is 9.10. The van der Waals surface area contributed by atoms with Crippen molar-refractivity contribution in [2.75, 3.05) is 7.05 Å². The summed E-state index contributed by atoms with van der Waals surface area (Å²) in [6, 6.07) is 8.22. The predicted molar refractivity (Wildman–Crippen MR) is 74.3 cm³/mol. The first kappa shape index (κ1) is 13.2. The van der Waals surface area contributed by atoms with Gasteiger partial charge in [-0.2, -0.15) is 4.98 Å². The number of halogens is 1. The van der Waals surface area contributed by atoms with E-state index in [0.717, 1.165) is 22.9 Å². The van der Waals surface area contributed by atoms with Crippen molar-refractivity contribution in [1.29, 1.82) is 0 Å². The minimum atomic E-state index is 0.373. The van der Waals surface area contributed by atoms with Crippen molar-refractivity contribution >= 4 is 15.9 Å². The van der Waals surface area contributed by atoms with E-state index in [4.69, 9.17) is 4.52 Å². The Kier molecular flexibility index (Phi) is 4.49. The van der Waals surface area contributed by atoms with Crippen LogP contribution in [0.25, 0.3) is 11.4 Å². The van der Waals surface area contributed by atoms with E-state index in [1.807, 2.05) is 31.3 Å². The molecular formula is C13H16BrN3O. The number of likely N-dealkylation sites (N-methyl/N-ethyl adjacent to an activating group) is 1. The fourth-order valence-corrected chi connectivity index (χ4v) is 2.21. The Morgan fingerprint density at radius 3 is 2.83 bits per heavy atom. The fourth-order valence-electron chi connectivity index (χ4n) is 1.75. The lowest BCUT2D eigenvalue weighted by Gasteiger charge is -2.09. The molecule has 0 spiro atoms. The van der Waals surface area contributed by atoms with Gasteiger partial charge in [-0.3, -0.25) is 0 Å². The van der Waals surface area contributed by atoms with E-state index >= 15 is 0 Å². The summed E-state index contributed by atoms with van der Waals surface area (Å²) in [5.74, 6) is 1.30. The molecule has 0 saturated carbocycles. The van der Waals surface area contributed by atoms with E-state index < -0.39 is 0 Å². The Hall–Kier alpha value is -1.20. The van der Waals surface area contributed by atoms with Crippen LogP contribution in [0.1, 0.15) is 19.2 Å². The van der Waals surface area contributed by atoms with Crippen molar-refractivity contribution in [1.82, 2.24) is 15.5 Å². The van der Waals surface area contributed by atoms with Crippen molar-refractivity contribution in [3.8, 4) is 11.4 Å². The van der Waals surface area contributed by atoms with Crippen LogP contribution < -0.4 is 5.32 Å². The number of rotatable bonds is 5. The zero-order chi connectivity index (χ0) is 13.0. The summed E-state index contributed by atoms with van der Waals surface area (Å²) >= 11 is 3.49. The molecule has 1 N–H and O–H groups in total. The SMILES string of the molecule is CCC(Cc1nc(-c2ccccc2Br)no1)NC. The zero-order valence-electron chi connectivity index (χ0n) is 10.5. The van der Waals surface area contributed by atoms with Gasteiger partial charge in [0.1, 0.15) is 0 Å². The molecule has 0 fully saturated rings. The number of nitrogens with zero attached hydrogens (tertiary/aromatic N) is 2. The Morgan fingerprint density at radius 1 is 1.39 bits per heavy atom. The third kappa shape index (κ3) is 2.97. The lowest BCUT2D eigenvalue weighted by atomic mass is 10.1. The Morgan fingerprint density at radius 2 is 2.17 bits per heavy atom. The van der Waals surface area contributed by atoms with Crippen LogP contribution in [0.15, 0.2) is 33.3 Å². The highest BCUT2D eigenvalue weighted by atomic mass is 79.9. The summed E-state index contributed by atoms with van der Waals surface area (Å²) < 4.78 is 6.26. The first-order chi connectivity index (χ1) is 8.74. The van der Waals surface area contributed by atoms with Gasteiger partial charge in [0.2, 0.25) is 11.7 Å². The molecule has 0 bridgehead atoms. The van der Waals surface area contributed by atoms with Crippen molar-refractivity contribution in [3.05, 3.63) is 34.6 Å². The number of nitrogens with one attached hydrogen (secondary N) is 1. The molecule has 1 atom stereocenters. The van der Waals surface area contributed by atoms with Gasteiger partial charge in [-0.1, -0.05) is 40.1 Å². The van der Waals surface area contributed by atoms with E-state index in [2.05, 4.69) is 38.3 Å². The van der Waals surface area contributed by atoms with E-state index in [0.29, 0.717) is 17.8 Å². The molecule has 0 amide bonds. The van der Waals surface area contributed by atoms with E-state index in [1.165, 1.54) is 0 Å². The number of hydrogen-bond donors (Lipinski definition) is 1. The maximum Gasteiger partial charge on any atom is 0.228 e. The van der Waals surface area contributed by atoms with Gasteiger partial charge in [-0.05, 0) is 25.6 Å². The first-order valence-corrected chi connectivity index (χ1v) is 6.78. The highest BCUT2D eigenvalue weighted by Gasteiger charge is 2.13. The second-order valence-corrected chi connectivity index (χ2v) is 4.94. The largest absolute Gasteiger partial charge is 0.339 e. The molecular weight excluding hydrogens is 294 g/mol. The van der Waals surface area contributed by atoms with Gasteiger partial charge in [0, 0.05) is 22.5 Å². The van der Waals surface area contributed by atoms with Crippen LogP contribution in [0, 0.1) is 0 Å². The first-order valence-electron chi connectivity index (χ1n) is 5.99. The molecule has 18 heavy (non-hydrogen) atoms. The van der Waals surface area contributed by atoms with Crippen LogP contribution in [0.3, 0.4) is 0 Å². The molecule has 1 unspecified atom stereocenters. The molecule has 0 aliphatic carbocycles. The van der Waals surface area contributed by atoms with Gasteiger partial charge < -0.3 is 9.84 Å². The van der Waals surface area contributed by atoms with Gasteiger partial charge >= 0.3 is 0 Å². The summed E-state index contributed by atoms with van der Waals surface area (Å²) in [6.45, 7) is 2.13. The molecule has 96 valence electrons. The number of aromatic nitrogens is 2. The summed E-state index contributed by atoms with van der Waals surface area (Å²) in [7, 11) is 1.94. The zero-order valence-corrected chi connectivity index (χ0v) is 12.1. The average molecular weight is 310 g/mol. The fraction of sp³-hybridized carbons (Fsp3) is 0.385. The quantitative estimate of drug-likeness (QED) is 0.922. The van der Waals surface area contributed by atoms with Gasteiger partial charge in [0.15, 0.2) is 0 Å². The topological polar surface area (TPSA) is 51.0 Å². The molecule has 1 aromatic heterocycles. The van der Waals surface area contributed by atoms with E-state index in [-0.39, 0.29) is 0 Å². The number of benzene rings is 1. The van der Waals surface area contributed by atoms with Gasteiger partial charge in [0.25, 0.3) is 0 Å².